The van der Waals surface area contributed by atoms with Crippen molar-refractivity contribution in [1.82, 2.24) is 9.62 Å². The van der Waals surface area contributed by atoms with Gasteiger partial charge < -0.3 is 5.32 Å². The van der Waals surface area contributed by atoms with E-state index in [1.165, 1.54) is 22.5 Å². The van der Waals surface area contributed by atoms with Gasteiger partial charge in [-0.1, -0.05) is 18.6 Å². The molecule has 1 aliphatic heterocycles. The average molecular weight is 482 g/mol. The van der Waals surface area contributed by atoms with E-state index in [1.807, 2.05) is 0 Å². The first-order valence-corrected chi connectivity index (χ1v) is 11.3. The van der Waals surface area contributed by atoms with Gasteiger partial charge in [0.15, 0.2) is 0 Å². The van der Waals surface area contributed by atoms with Crippen molar-refractivity contribution in [1.29, 1.82) is 0 Å². The molecule has 154 valence electrons. The first kappa shape index (κ1) is 21.4. The Morgan fingerprint density at radius 3 is 2.55 bits per heavy atom. The average Bonchev–Trinajstić information content (AvgIpc) is 2.73. The van der Waals surface area contributed by atoms with Crippen molar-refractivity contribution in [2.75, 3.05) is 13.1 Å². The summed E-state index contributed by atoms with van der Waals surface area (Å²) >= 11 is 3.08. The fourth-order valence-corrected chi connectivity index (χ4v) is 5.13. The maximum atomic E-state index is 12.8. The van der Waals surface area contributed by atoms with Crippen LogP contribution in [0.3, 0.4) is 0 Å². The minimum atomic E-state index is -3.55. The fraction of sp³-hybridized carbons (Fsp3) is 0.316. The second kappa shape index (κ2) is 9.02. The van der Waals surface area contributed by atoms with E-state index in [0.717, 1.165) is 19.3 Å². The number of nitrogens with one attached hydrogen (secondary N) is 1. The van der Waals surface area contributed by atoms with E-state index in [0.29, 0.717) is 18.7 Å². The number of hydrogen-bond acceptors (Lipinski definition) is 5. The smallest absolute Gasteiger partial charge is 0.284 e. The highest BCUT2D eigenvalue weighted by Gasteiger charge is 2.26. The molecule has 0 atom stereocenters. The number of piperidine rings is 1. The summed E-state index contributed by atoms with van der Waals surface area (Å²) in [4.78, 5) is 23.0. The number of nitrogens with zero attached hydrogens (tertiary/aromatic N) is 2. The molecule has 0 aromatic heterocycles. The molecule has 2 aromatic rings. The summed E-state index contributed by atoms with van der Waals surface area (Å²) in [6.45, 7) is 1.14. The van der Waals surface area contributed by atoms with Crippen LogP contribution in [0, 0.1) is 10.1 Å². The Bertz CT molecular complexity index is 1040. The highest BCUT2D eigenvalue weighted by molar-refractivity contribution is 9.10. The third kappa shape index (κ3) is 5.01. The Morgan fingerprint density at radius 1 is 1.14 bits per heavy atom. The predicted octanol–water partition coefficient (Wildman–Crippen LogP) is 3.46. The Morgan fingerprint density at radius 2 is 1.86 bits per heavy atom. The monoisotopic (exact) mass is 481 g/mol. The number of carbonyl (C=O) groups is 1. The molecule has 1 heterocycles. The molecule has 10 heteroatoms. The third-order valence-electron chi connectivity index (χ3n) is 4.71. The van der Waals surface area contributed by atoms with Gasteiger partial charge in [-0.25, -0.2) is 8.42 Å². The number of halogens is 1. The van der Waals surface area contributed by atoms with Gasteiger partial charge >= 0.3 is 0 Å². The van der Waals surface area contributed by atoms with Crippen LogP contribution in [-0.2, 0) is 16.6 Å². The summed E-state index contributed by atoms with van der Waals surface area (Å²) in [6.07, 6.45) is 2.74. The number of benzene rings is 2. The first-order valence-electron chi connectivity index (χ1n) is 9.10. The molecule has 1 amide bonds. The molecule has 0 radical (unpaired) electrons. The van der Waals surface area contributed by atoms with Gasteiger partial charge in [0.1, 0.15) is 0 Å². The number of nitro benzene ring substituents is 1. The molecule has 0 saturated carbocycles. The van der Waals surface area contributed by atoms with Gasteiger partial charge in [-0.2, -0.15) is 4.31 Å². The van der Waals surface area contributed by atoms with Crippen LogP contribution < -0.4 is 5.32 Å². The minimum Gasteiger partial charge on any atom is -0.348 e. The zero-order valence-electron chi connectivity index (χ0n) is 15.5. The van der Waals surface area contributed by atoms with E-state index in [1.54, 1.807) is 24.3 Å². The molecule has 8 nitrogen and oxygen atoms in total. The molecule has 1 saturated heterocycles. The van der Waals surface area contributed by atoms with E-state index in [-0.39, 0.29) is 27.2 Å². The van der Waals surface area contributed by atoms with Crippen LogP contribution >= 0.6 is 15.9 Å². The Balaban J connectivity index is 1.72. The SMILES string of the molecule is O=C(NCc1cccc(S(=O)(=O)N2CCCCC2)c1)c1ccc(Br)c([N+](=O)[O-])c1. The summed E-state index contributed by atoms with van der Waals surface area (Å²) in [7, 11) is -3.55. The quantitative estimate of drug-likeness (QED) is 0.501. The molecule has 2 aromatic carbocycles. The number of hydrogen-bond donors (Lipinski definition) is 1. The van der Waals surface area contributed by atoms with Crippen molar-refractivity contribution < 1.29 is 18.1 Å². The number of amides is 1. The summed E-state index contributed by atoms with van der Waals surface area (Å²) in [5.74, 6) is -0.482. The molecule has 3 rings (SSSR count). The molecule has 0 unspecified atom stereocenters. The van der Waals surface area contributed by atoms with Crippen LogP contribution in [0.2, 0.25) is 0 Å². The van der Waals surface area contributed by atoms with Crippen LogP contribution in [0.5, 0.6) is 0 Å². The lowest BCUT2D eigenvalue weighted by Crippen LogP contribution is -2.35. The van der Waals surface area contributed by atoms with Crippen molar-refractivity contribution in [3.8, 4) is 0 Å². The number of rotatable bonds is 6. The van der Waals surface area contributed by atoms with Crippen LogP contribution in [0.4, 0.5) is 5.69 Å². The Kier molecular flexibility index (Phi) is 6.66. The van der Waals surface area contributed by atoms with E-state index in [9.17, 15) is 23.3 Å². The van der Waals surface area contributed by atoms with Crippen molar-refractivity contribution in [2.24, 2.45) is 0 Å². The molecule has 0 spiro atoms. The number of sulfonamides is 1. The van der Waals surface area contributed by atoms with Crippen LogP contribution in [0.1, 0.15) is 35.2 Å². The second-order valence-corrected chi connectivity index (χ2v) is 9.51. The lowest BCUT2D eigenvalue weighted by Gasteiger charge is -2.26. The van der Waals surface area contributed by atoms with Gasteiger partial charge in [0, 0.05) is 31.3 Å². The predicted molar refractivity (Wildman–Crippen MR) is 111 cm³/mol. The Hall–Kier alpha value is -2.30. The van der Waals surface area contributed by atoms with Crippen molar-refractivity contribution >= 4 is 37.5 Å². The molecule has 1 aliphatic rings. The standard InChI is InChI=1S/C19H20BrN3O5S/c20-17-8-7-15(12-18(17)23(25)26)19(24)21-13-14-5-4-6-16(11-14)29(27,28)22-9-2-1-3-10-22/h4-8,11-12H,1-3,9-10,13H2,(H,21,24). The van der Waals surface area contributed by atoms with Gasteiger partial charge in [0.05, 0.1) is 14.3 Å². The maximum Gasteiger partial charge on any atom is 0.284 e. The maximum absolute atomic E-state index is 12.8. The van der Waals surface area contributed by atoms with Gasteiger partial charge in [0.25, 0.3) is 11.6 Å². The van der Waals surface area contributed by atoms with E-state index < -0.39 is 20.9 Å². The third-order valence-corrected chi connectivity index (χ3v) is 7.27. The van der Waals surface area contributed by atoms with Gasteiger partial charge in [-0.3, -0.25) is 14.9 Å². The highest BCUT2D eigenvalue weighted by Crippen LogP contribution is 2.26. The molecule has 29 heavy (non-hydrogen) atoms. The summed E-state index contributed by atoms with van der Waals surface area (Å²) < 4.78 is 27.4. The molecule has 1 N–H and O–H groups in total. The summed E-state index contributed by atoms with van der Waals surface area (Å²) in [5, 5.41) is 13.7. The number of nitro groups is 1. The number of carbonyl (C=O) groups excluding carboxylic acids is 1. The zero-order chi connectivity index (χ0) is 21.0. The van der Waals surface area contributed by atoms with Crippen molar-refractivity contribution in [2.45, 2.75) is 30.7 Å². The minimum absolute atomic E-state index is 0.103. The summed E-state index contributed by atoms with van der Waals surface area (Å²) in [5.41, 5.74) is 0.576. The Labute approximate surface area is 177 Å². The second-order valence-electron chi connectivity index (χ2n) is 6.72. The largest absolute Gasteiger partial charge is 0.348 e. The lowest BCUT2D eigenvalue weighted by molar-refractivity contribution is -0.385. The van der Waals surface area contributed by atoms with Crippen molar-refractivity contribution in [3.05, 3.63) is 68.2 Å². The summed E-state index contributed by atoms with van der Waals surface area (Å²) in [6, 6.07) is 10.6. The van der Waals surface area contributed by atoms with Crippen molar-refractivity contribution in [3.63, 3.8) is 0 Å². The van der Waals surface area contributed by atoms with Crippen LogP contribution in [0.15, 0.2) is 51.8 Å². The van der Waals surface area contributed by atoms with Gasteiger partial charge in [0.2, 0.25) is 10.0 Å². The molecule has 0 aliphatic carbocycles. The van der Waals surface area contributed by atoms with E-state index in [2.05, 4.69) is 21.2 Å². The molecular formula is C19H20BrN3O5S. The lowest BCUT2D eigenvalue weighted by atomic mass is 10.1. The normalized spacial score (nSPS) is 15.1. The van der Waals surface area contributed by atoms with Gasteiger partial charge in [-0.15, -0.1) is 0 Å². The molecule has 0 bridgehead atoms. The zero-order valence-corrected chi connectivity index (χ0v) is 17.9. The topological polar surface area (TPSA) is 110 Å². The molecular weight excluding hydrogens is 462 g/mol. The van der Waals surface area contributed by atoms with E-state index >= 15 is 0 Å². The van der Waals surface area contributed by atoms with Gasteiger partial charge in [-0.05, 0) is 58.6 Å². The first-order chi connectivity index (χ1) is 13.8. The fourth-order valence-electron chi connectivity index (χ4n) is 3.15. The van der Waals surface area contributed by atoms with E-state index in [4.69, 9.17) is 0 Å². The van der Waals surface area contributed by atoms with Crippen LogP contribution in [-0.4, -0.2) is 36.6 Å². The molecule has 1 fully saturated rings. The highest BCUT2D eigenvalue weighted by atomic mass is 79.9. The van der Waals surface area contributed by atoms with Crippen LogP contribution in [0.25, 0.3) is 0 Å².